The number of methoxy groups -OCH3 is 1. The van der Waals surface area contributed by atoms with E-state index in [0.29, 0.717) is 11.4 Å². The Labute approximate surface area is 129 Å². The van der Waals surface area contributed by atoms with Crippen LogP contribution in [-0.4, -0.2) is 23.6 Å². The lowest BCUT2D eigenvalue weighted by Gasteiger charge is -2.33. The Hall–Kier alpha value is -1.23. The van der Waals surface area contributed by atoms with Gasteiger partial charge in [0.2, 0.25) is 0 Å². The molecule has 1 aromatic rings. The van der Waals surface area contributed by atoms with Crippen LogP contribution in [0.2, 0.25) is 0 Å². The van der Waals surface area contributed by atoms with Crippen LogP contribution >= 0.6 is 11.8 Å². The molecule has 1 N–H and O–H groups in total. The average Bonchev–Trinajstić information content (AvgIpc) is 2.83. The third-order valence-corrected chi connectivity index (χ3v) is 5.45. The second-order valence-corrected chi connectivity index (χ2v) is 7.07. The van der Waals surface area contributed by atoms with Crippen molar-refractivity contribution in [1.82, 2.24) is 0 Å². The number of nitrogens with one attached hydrogen (secondary N) is 1. The number of nitrogens with zero attached hydrogens (tertiary/aromatic N) is 1. The molecule has 1 heterocycles. The van der Waals surface area contributed by atoms with E-state index < -0.39 is 0 Å². The second-order valence-electron chi connectivity index (χ2n) is 6.10. The molecule has 0 aromatic heterocycles. The normalized spacial score (nSPS) is 28.5. The van der Waals surface area contributed by atoms with Gasteiger partial charge >= 0.3 is 0 Å². The van der Waals surface area contributed by atoms with Crippen LogP contribution < -0.4 is 10.1 Å². The highest BCUT2D eigenvalue weighted by Gasteiger charge is 2.39. The molecule has 1 aliphatic heterocycles. The molecular weight excluding hydrogens is 287 g/mol. The third kappa shape index (κ3) is 3.18. The minimum Gasteiger partial charge on any atom is -0.497 e. The molecule has 1 aromatic carbocycles. The van der Waals surface area contributed by atoms with Gasteiger partial charge in [-0.1, -0.05) is 31.5 Å². The maximum absolute atomic E-state index is 13.9. The van der Waals surface area contributed by atoms with Gasteiger partial charge in [0.15, 0.2) is 5.17 Å². The maximum Gasteiger partial charge on any atom is 0.161 e. The quantitative estimate of drug-likeness (QED) is 0.884. The number of hydrogen-bond acceptors (Lipinski definition) is 4. The van der Waals surface area contributed by atoms with Gasteiger partial charge in [0.05, 0.1) is 18.3 Å². The van der Waals surface area contributed by atoms with Crippen molar-refractivity contribution in [3.8, 4) is 5.75 Å². The number of benzene rings is 1. The number of rotatable bonds is 2. The molecule has 114 valence electrons. The molecule has 3 rings (SSSR count). The largest absolute Gasteiger partial charge is 0.497 e. The second kappa shape index (κ2) is 5.87. The van der Waals surface area contributed by atoms with Gasteiger partial charge in [-0.3, -0.25) is 4.99 Å². The van der Waals surface area contributed by atoms with Gasteiger partial charge in [0, 0.05) is 11.8 Å². The van der Waals surface area contributed by atoms with Crippen molar-refractivity contribution in [2.75, 3.05) is 18.2 Å². The van der Waals surface area contributed by atoms with Crippen molar-refractivity contribution in [1.29, 1.82) is 0 Å². The first kappa shape index (κ1) is 14.7. The first-order valence-electron chi connectivity index (χ1n) is 7.43. The summed E-state index contributed by atoms with van der Waals surface area (Å²) < 4.78 is 19.0. The smallest absolute Gasteiger partial charge is 0.161 e. The van der Waals surface area contributed by atoms with E-state index in [0.717, 1.165) is 29.7 Å². The zero-order valence-corrected chi connectivity index (χ0v) is 13.3. The highest BCUT2D eigenvalue weighted by molar-refractivity contribution is 8.14. The Kier molecular flexibility index (Phi) is 4.11. The van der Waals surface area contributed by atoms with E-state index in [9.17, 15) is 4.39 Å². The lowest BCUT2D eigenvalue weighted by molar-refractivity contribution is 0.266. The van der Waals surface area contributed by atoms with Crippen LogP contribution in [0.25, 0.3) is 0 Å². The van der Waals surface area contributed by atoms with Gasteiger partial charge < -0.3 is 10.1 Å². The van der Waals surface area contributed by atoms with Crippen LogP contribution in [0, 0.1) is 11.7 Å². The van der Waals surface area contributed by atoms with Crippen LogP contribution in [0.5, 0.6) is 5.75 Å². The summed E-state index contributed by atoms with van der Waals surface area (Å²) in [6.07, 6.45) is 4.84. The Balaban J connectivity index is 1.77. The molecule has 1 aliphatic carbocycles. The van der Waals surface area contributed by atoms with Crippen LogP contribution in [-0.2, 0) is 0 Å². The SMILES string of the molecule is COc1ccc(F)c(NC2=NC3(CCCC(C)C3)CS2)c1. The molecule has 0 bridgehead atoms. The maximum atomic E-state index is 13.9. The predicted molar refractivity (Wildman–Crippen MR) is 86.8 cm³/mol. The van der Waals surface area contributed by atoms with E-state index in [-0.39, 0.29) is 11.4 Å². The van der Waals surface area contributed by atoms with Crippen LogP contribution in [0.4, 0.5) is 10.1 Å². The van der Waals surface area contributed by atoms with Gasteiger partial charge in [0.25, 0.3) is 0 Å². The van der Waals surface area contributed by atoms with E-state index in [1.54, 1.807) is 31.0 Å². The summed E-state index contributed by atoms with van der Waals surface area (Å²) >= 11 is 1.70. The van der Waals surface area contributed by atoms with Crippen LogP contribution in [0.15, 0.2) is 23.2 Å². The molecule has 3 nitrogen and oxygen atoms in total. The van der Waals surface area contributed by atoms with E-state index in [4.69, 9.17) is 9.73 Å². The zero-order valence-electron chi connectivity index (χ0n) is 12.5. The Bertz CT molecular complexity index is 563. The summed E-state index contributed by atoms with van der Waals surface area (Å²) in [5.41, 5.74) is 0.501. The summed E-state index contributed by atoms with van der Waals surface area (Å²) in [5.74, 6) is 2.10. The van der Waals surface area contributed by atoms with E-state index in [1.807, 2.05) is 0 Å². The highest BCUT2D eigenvalue weighted by atomic mass is 32.2. The molecular formula is C16H21FN2OS. The number of hydrogen-bond donors (Lipinski definition) is 1. The number of thioether (sulfide) groups is 1. The van der Waals surface area contributed by atoms with E-state index in [1.165, 1.54) is 18.9 Å². The minimum atomic E-state index is -0.280. The molecule has 0 saturated heterocycles. The molecule has 0 amide bonds. The predicted octanol–water partition coefficient (Wildman–Crippen LogP) is 4.30. The fraction of sp³-hybridized carbons (Fsp3) is 0.562. The molecule has 1 saturated carbocycles. The van der Waals surface area contributed by atoms with Crippen molar-refractivity contribution in [3.63, 3.8) is 0 Å². The third-order valence-electron chi connectivity index (χ3n) is 4.30. The molecule has 1 spiro atoms. The highest BCUT2D eigenvalue weighted by Crippen LogP contribution is 2.42. The van der Waals surface area contributed by atoms with Crippen molar-refractivity contribution in [2.45, 2.75) is 38.1 Å². The van der Waals surface area contributed by atoms with Gasteiger partial charge in [-0.15, -0.1) is 0 Å². The molecule has 21 heavy (non-hydrogen) atoms. The van der Waals surface area contributed by atoms with E-state index >= 15 is 0 Å². The molecule has 2 atom stereocenters. The monoisotopic (exact) mass is 308 g/mol. The zero-order chi connectivity index (χ0) is 14.9. The Morgan fingerprint density at radius 3 is 3.10 bits per heavy atom. The number of anilines is 1. The fourth-order valence-electron chi connectivity index (χ4n) is 3.25. The topological polar surface area (TPSA) is 33.6 Å². The van der Waals surface area contributed by atoms with Gasteiger partial charge in [-0.25, -0.2) is 4.39 Å². The summed E-state index contributed by atoms with van der Waals surface area (Å²) in [6, 6.07) is 4.71. The van der Waals surface area contributed by atoms with Crippen molar-refractivity contribution < 1.29 is 9.13 Å². The van der Waals surface area contributed by atoms with E-state index in [2.05, 4.69) is 12.2 Å². The fourth-order valence-corrected chi connectivity index (χ4v) is 4.43. The van der Waals surface area contributed by atoms with Crippen molar-refractivity contribution >= 4 is 22.6 Å². The molecule has 2 unspecified atom stereocenters. The van der Waals surface area contributed by atoms with Gasteiger partial charge in [-0.2, -0.15) is 0 Å². The van der Waals surface area contributed by atoms with Crippen molar-refractivity contribution in [2.24, 2.45) is 10.9 Å². The Morgan fingerprint density at radius 1 is 1.48 bits per heavy atom. The standard InChI is InChI=1S/C16H21FN2OS/c1-11-4-3-7-16(9-11)10-21-15(19-16)18-14-8-12(20-2)5-6-13(14)17/h5-6,8,11H,3-4,7,9-10H2,1-2H3,(H,18,19). The van der Waals surface area contributed by atoms with Crippen LogP contribution in [0.1, 0.15) is 32.6 Å². The van der Waals surface area contributed by atoms with Crippen molar-refractivity contribution in [3.05, 3.63) is 24.0 Å². The lowest BCUT2D eigenvalue weighted by Crippen LogP contribution is -2.33. The number of ether oxygens (including phenoxy) is 1. The summed E-state index contributed by atoms with van der Waals surface area (Å²) in [5, 5.41) is 3.96. The first-order valence-corrected chi connectivity index (χ1v) is 8.42. The minimum absolute atomic E-state index is 0.0695. The summed E-state index contributed by atoms with van der Waals surface area (Å²) in [7, 11) is 1.58. The summed E-state index contributed by atoms with van der Waals surface area (Å²) in [6.45, 7) is 2.30. The number of amidine groups is 1. The molecule has 5 heteroatoms. The first-order chi connectivity index (χ1) is 10.1. The van der Waals surface area contributed by atoms with Gasteiger partial charge in [0.1, 0.15) is 11.6 Å². The molecule has 2 aliphatic rings. The van der Waals surface area contributed by atoms with Crippen LogP contribution in [0.3, 0.4) is 0 Å². The number of aliphatic imine (C=N–C) groups is 1. The number of halogens is 1. The summed E-state index contributed by atoms with van der Waals surface area (Å²) in [4.78, 5) is 4.88. The average molecular weight is 308 g/mol. The lowest BCUT2D eigenvalue weighted by atomic mass is 9.78. The molecule has 0 radical (unpaired) electrons. The van der Waals surface area contributed by atoms with Gasteiger partial charge in [-0.05, 0) is 30.9 Å². The molecule has 1 fully saturated rings. The Morgan fingerprint density at radius 2 is 2.33 bits per heavy atom.